The number of nitrogens with one attached hydrogen (secondary N) is 3. The molecule has 3 saturated heterocycles. The van der Waals surface area contributed by atoms with Gasteiger partial charge in [0.05, 0.1) is 42.0 Å². The zero-order valence-electron chi connectivity index (χ0n) is 37.9. The Morgan fingerprint density at radius 1 is 0.806 bits per heavy atom. The Balaban J connectivity index is 0.815. The SMILES string of the molecule is COc1cc(N2CCC(N3CCN(c4ccc5c(c4)C(=O)N(C4CCC(=O)NC4=O)C5=O)CC3)CC2)c(-c2cnn(C)c2)cc1Nc1ncc(Cl)c(Nc2ccc(C3CC3)cc2P(C)(C)=O)n1. The van der Waals surface area contributed by atoms with Gasteiger partial charge in [-0.2, -0.15) is 10.1 Å². The Morgan fingerprint density at radius 2 is 1.57 bits per heavy atom. The molecule has 1 saturated carbocycles. The number of halogens is 1. The van der Waals surface area contributed by atoms with Crippen LogP contribution >= 0.6 is 18.7 Å². The number of ether oxygens (including phenoxy) is 1. The number of piperazine rings is 1. The number of aromatic nitrogens is 4. The van der Waals surface area contributed by atoms with Crippen molar-refractivity contribution in [2.75, 3.05) is 80.1 Å². The number of benzene rings is 3. The highest BCUT2D eigenvalue weighted by atomic mass is 35.5. The largest absolute Gasteiger partial charge is 0.494 e. The summed E-state index contributed by atoms with van der Waals surface area (Å²) in [5.41, 5.74) is 6.97. The molecule has 19 heteroatoms. The van der Waals surface area contributed by atoms with Crippen LogP contribution in [0.3, 0.4) is 0 Å². The van der Waals surface area contributed by atoms with E-state index in [2.05, 4.69) is 65.0 Å². The molecule has 0 spiro atoms. The van der Waals surface area contributed by atoms with E-state index in [1.54, 1.807) is 43.5 Å². The molecule has 4 aliphatic heterocycles. The topological polar surface area (TPSA) is 187 Å². The molecule has 1 aliphatic carbocycles. The third-order valence-electron chi connectivity index (χ3n) is 13.7. The van der Waals surface area contributed by atoms with Gasteiger partial charge in [0.25, 0.3) is 11.8 Å². The van der Waals surface area contributed by atoms with Crippen molar-refractivity contribution in [3.8, 4) is 16.9 Å². The first kappa shape index (κ1) is 44.5. The average Bonchev–Trinajstić information content (AvgIpc) is 4.03. The maximum absolute atomic E-state index is 13.5. The highest BCUT2D eigenvalue weighted by Gasteiger charge is 2.45. The number of piperidine rings is 2. The number of carbonyl (C=O) groups excluding carboxylic acids is 4. The first-order chi connectivity index (χ1) is 32.2. The van der Waals surface area contributed by atoms with Crippen molar-refractivity contribution >= 4 is 82.2 Å². The fourth-order valence-electron chi connectivity index (χ4n) is 9.90. The first-order valence-corrected chi connectivity index (χ1v) is 25.8. The second-order valence-corrected chi connectivity index (χ2v) is 22.0. The molecule has 3 aromatic carbocycles. The Bertz CT molecular complexity index is 2860. The average molecular weight is 946 g/mol. The van der Waals surface area contributed by atoms with E-state index in [1.807, 2.05) is 31.6 Å². The molecular weight excluding hydrogens is 893 g/mol. The lowest BCUT2D eigenvalue weighted by molar-refractivity contribution is -0.136. The van der Waals surface area contributed by atoms with Crippen molar-refractivity contribution in [3.05, 3.63) is 88.8 Å². The van der Waals surface area contributed by atoms with Crippen LogP contribution in [0.5, 0.6) is 5.75 Å². The minimum Gasteiger partial charge on any atom is -0.494 e. The van der Waals surface area contributed by atoms with E-state index in [9.17, 15) is 23.7 Å². The number of fused-ring (bicyclic) bond motifs is 1. The number of methoxy groups -OCH3 is 1. The van der Waals surface area contributed by atoms with Crippen LogP contribution in [0.1, 0.15) is 70.7 Å². The molecule has 0 radical (unpaired) electrons. The molecule has 4 amide bonds. The summed E-state index contributed by atoms with van der Waals surface area (Å²) in [6, 6.07) is 14.9. The van der Waals surface area contributed by atoms with Gasteiger partial charge >= 0.3 is 0 Å². The molecule has 1 atom stereocenters. The van der Waals surface area contributed by atoms with Gasteiger partial charge in [-0.15, -0.1) is 0 Å². The molecule has 10 rings (SSSR count). The lowest BCUT2D eigenvalue weighted by Gasteiger charge is -2.44. The third-order valence-corrected chi connectivity index (χ3v) is 15.5. The van der Waals surface area contributed by atoms with Gasteiger partial charge in [-0.3, -0.25) is 39.0 Å². The monoisotopic (exact) mass is 945 g/mol. The predicted molar refractivity (Wildman–Crippen MR) is 258 cm³/mol. The van der Waals surface area contributed by atoms with Gasteiger partial charge in [-0.05, 0) is 93.3 Å². The molecule has 17 nitrogen and oxygen atoms in total. The maximum Gasteiger partial charge on any atom is 0.262 e. The number of anilines is 6. The van der Waals surface area contributed by atoms with Crippen molar-refractivity contribution in [1.29, 1.82) is 0 Å². The zero-order chi connectivity index (χ0) is 46.7. The number of hydrogen-bond donors (Lipinski definition) is 3. The second-order valence-electron chi connectivity index (χ2n) is 18.4. The summed E-state index contributed by atoms with van der Waals surface area (Å²) in [6.07, 6.45) is 9.83. The molecule has 5 aliphatic rings. The molecule has 1 unspecified atom stereocenters. The summed E-state index contributed by atoms with van der Waals surface area (Å²) in [7, 11) is 0.906. The van der Waals surface area contributed by atoms with E-state index in [0.29, 0.717) is 51.4 Å². The van der Waals surface area contributed by atoms with Gasteiger partial charge < -0.3 is 29.7 Å². The number of hydrogen-bond acceptors (Lipinski definition) is 14. The highest BCUT2D eigenvalue weighted by Crippen LogP contribution is 2.45. The van der Waals surface area contributed by atoms with Crippen LogP contribution in [0.2, 0.25) is 5.02 Å². The Kier molecular flexibility index (Phi) is 11.8. The van der Waals surface area contributed by atoms with E-state index < -0.39 is 36.8 Å². The van der Waals surface area contributed by atoms with Crippen molar-refractivity contribution in [2.24, 2.45) is 7.05 Å². The lowest BCUT2D eigenvalue weighted by atomic mass is 9.98. The van der Waals surface area contributed by atoms with Gasteiger partial charge in [-0.1, -0.05) is 17.7 Å². The predicted octanol–water partition coefficient (Wildman–Crippen LogP) is 6.34. The smallest absolute Gasteiger partial charge is 0.262 e. The van der Waals surface area contributed by atoms with Gasteiger partial charge in [0.2, 0.25) is 17.8 Å². The van der Waals surface area contributed by atoms with Crippen LogP contribution in [0.25, 0.3) is 11.1 Å². The molecule has 2 aromatic heterocycles. The molecule has 6 heterocycles. The minimum atomic E-state index is -2.64. The van der Waals surface area contributed by atoms with E-state index >= 15 is 0 Å². The van der Waals surface area contributed by atoms with Crippen LogP contribution in [0, 0.1) is 0 Å². The molecule has 5 aromatic rings. The number of carbonyl (C=O) groups is 4. The number of rotatable bonds is 12. The van der Waals surface area contributed by atoms with E-state index in [1.165, 1.54) is 5.56 Å². The summed E-state index contributed by atoms with van der Waals surface area (Å²) < 4.78 is 21.2. The quantitative estimate of drug-likeness (QED) is 0.0929. The van der Waals surface area contributed by atoms with Crippen LogP contribution in [-0.2, 0) is 21.2 Å². The summed E-state index contributed by atoms with van der Waals surface area (Å²) in [5.74, 6) is -0.182. The van der Waals surface area contributed by atoms with Crippen molar-refractivity contribution in [2.45, 2.75) is 56.5 Å². The van der Waals surface area contributed by atoms with E-state index in [0.717, 1.165) is 97.7 Å². The Hall–Kier alpha value is -6.29. The number of imide groups is 2. The molecule has 67 heavy (non-hydrogen) atoms. The van der Waals surface area contributed by atoms with Crippen LogP contribution in [0.4, 0.5) is 34.5 Å². The number of aryl methyl sites for hydroxylation is 1. The second kappa shape index (κ2) is 17.7. The van der Waals surface area contributed by atoms with Gasteiger partial charge in [0, 0.05) is 98.8 Å². The van der Waals surface area contributed by atoms with Gasteiger partial charge in [-0.25, -0.2) is 4.98 Å². The number of amides is 4. The molecular formula is C48H53ClN11O6P. The minimum absolute atomic E-state index is 0.0794. The van der Waals surface area contributed by atoms with E-state index in [4.69, 9.17) is 21.3 Å². The fourth-order valence-corrected chi connectivity index (χ4v) is 11.2. The van der Waals surface area contributed by atoms with Crippen molar-refractivity contribution in [3.63, 3.8) is 0 Å². The van der Waals surface area contributed by atoms with Crippen molar-refractivity contribution < 1.29 is 28.5 Å². The summed E-state index contributed by atoms with van der Waals surface area (Å²) in [4.78, 5) is 68.5. The summed E-state index contributed by atoms with van der Waals surface area (Å²) in [6.45, 7) is 8.44. The summed E-state index contributed by atoms with van der Waals surface area (Å²) in [5, 5.41) is 14.6. The molecule has 3 N–H and O–H groups in total. The van der Waals surface area contributed by atoms with E-state index in [-0.39, 0.29) is 18.4 Å². The summed E-state index contributed by atoms with van der Waals surface area (Å²) >= 11 is 6.66. The van der Waals surface area contributed by atoms with Crippen LogP contribution in [0.15, 0.2) is 67.1 Å². The fraction of sp³-hybridized carbons (Fsp3) is 0.396. The Morgan fingerprint density at radius 3 is 2.25 bits per heavy atom. The normalized spacial score (nSPS) is 19.5. The molecule has 4 fully saturated rings. The van der Waals surface area contributed by atoms with Crippen molar-refractivity contribution in [1.82, 2.24) is 34.9 Å². The maximum atomic E-state index is 13.5. The van der Waals surface area contributed by atoms with Gasteiger partial charge in [0.15, 0.2) is 5.82 Å². The number of nitrogens with zero attached hydrogens (tertiary/aromatic N) is 8. The Labute approximate surface area is 393 Å². The van der Waals surface area contributed by atoms with Gasteiger partial charge in [0.1, 0.15) is 24.0 Å². The zero-order valence-corrected chi connectivity index (χ0v) is 39.6. The highest BCUT2D eigenvalue weighted by molar-refractivity contribution is 7.70. The standard InChI is InChI=1S/C48H53ClN11O6P/c1-56-27-30(25-51-56)34-23-38(53-48-50-26-36(49)44(55-48)52-37-10-7-29(28-5-6-28)21-42(37)67(3,4)65)41(66-2)24-40(34)59-15-13-31(14-16-59)57-17-19-58(20-18-57)32-8-9-33-35(22-32)47(64)60(46(33)63)39-11-12-43(61)54-45(39)62/h7-10,21-28,31,39H,5-6,11-20H2,1-4H3,(H,54,61,62)(H2,50,52,53,55). The van der Waals surface area contributed by atoms with Crippen LogP contribution in [-0.4, -0.2) is 125 Å². The van der Waals surface area contributed by atoms with Crippen LogP contribution < -0.4 is 35.8 Å². The lowest BCUT2D eigenvalue weighted by Crippen LogP contribution is -2.54. The molecule has 348 valence electrons. The molecule has 0 bridgehead atoms. The third kappa shape index (κ3) is 8.87. The first-order valence-electron chi connectivity index (χ1n) is 22.8.